The highest BCUT2D eigenvalue weighted by atomic mass is 35.5. The summed E-state index contributed by atoms with van der Waals surface area (Å²) in [5.41, 5.74) is -0.0117. The molecule has 0 amide bonds. The Bertz CT molecular complexity index is 491. The number of nitrogens with zero attached hydrogens (tertiary/aromatic N) is 2. The third-order valence-corrected chi connectivity index (χ3v) is 3.49. The Morgan fingerprint density at radius 2 is 1.89 bits per heavy atom. The molecule has 7 heteroatoms. The topological polar surface area (TPSA) is 86.3 Å². The SMILES string of the molecule is CCC(Cc1ccc([N+](=O)[O-])cc1[N+](=O)[O-])C(C)Cl. The fourth-order valence-electron chi connectivity index (χ4n) is 1.92. The molecule has 2 unspecified atom stereocenters. The van der Waals surface area contributed by atoms with E-state index in [1.807, 2.05) is 13.8 Å². The minimum atomic E-state index is -0.641. The molecule has 1 aromatic rings. The van der Waals surface area contributed by atoms with Crippen molar-refractivity contribution in [3.63, 3.8) is 0 Å². The van der Waals surface area contributed by atoms with E-state index in [1.165, 1.54) is 12.1 Å². The highest BCUT2D eigenvalue weighted by molar-refractivity contribution is 6.20. The lowest BCUT2D eigenvalue weighted by Gasteiger charge is -2.17. The Labute approximate surface area is 115 Å². The summed E-state index contributed by atoms with van der Waals surface area (Å²) in [5, 5.41) is 21.5. The van der Waals surface area contributed by atoms with Gasteiger partial charge >= 0.3 is 0 Å². The first-order valence-corrected chi connectivity index (χ1v) is 6.36. The lowest BCUT2D eigenvalue weighted by Crippen LogP contribution is -2.14. The molecule has 104 valence electrons. The zero-order chi connectivity index (χ0) is 14.6. The van der Waals surface area contributed by atoms with Crippen molar-refractivity contribution in [2.24, 2.45) is 5.92 Å². The first-order chi connectivity index (χ1) is 8.86. The van der Waals surface area contributed by atoms with Crippen molar-refractivity contribution >= 4 is 23.0 Å². The first kappa shape index (κ1) is 15.4. The molecule has 0 fully saturated rings. The summed E-state index contributed by atoms with van der Waals surface area (Å²) in [6, 6.07) is 3.73. The number of halogens is 1. The second-order valence-electron chi connectivity index (χ2n) is 4.38. The van der Waals surface area contributed by atoms with Gasteiger partial charge in [-0.25, -0.2) is 0 Å². The molecule has 6 nitrogen and oxygen atoms in total. The third kappa shape index (κ3) is 3.89. The molecule has 2 atom stereocenters. The number of hydrogen-bond acceptors (Lipinski definition) is 4. The molecule has 19 heavy (non-hydrogen) atoms. The van der Waals surface area contributed by atoms with Gasteiger partial charge < -0.3 is 0 Å². The van der Waals surface area contributed by atoms with Gasteiger partial charge in [0.25, 0.3) is 11.4 Å². The molecular formula is C12H15ClN2O4. The van der Waals surface area contributed by atoms with Crippen LogP contribution in [0.2, 0.25) is 0 Å². The Balaban J connectivity index is 3.13. The maximum Gasteiger partial charge on any atom is 0.279 e. The van der Waals surface area contributed by atoms with Crippen molar-refractivity contribution < 1.29 is 9.85 Å². The van der Waals surface area contributed by atoms with Crippen LogP contribution in [-0.2, 0) is 6.42 Å². The predicted molar refractivity (Wildman–Crippen MR) is 72.6 cm³/mol. The molecule has 0 saturated carbocycles. The van der Waals surface area contributed by atoms with Crippen LogP contribution in [0, 0.1) is 26.1 Å². The summed E-state index contributed by atoms with van der Waals surface area (Å²) in [7, 11) is 0. The van der Waals surface area contributed by atoms with Gasteiger partial charge in [-0.05, 0) is 25.3 Å². The summed E-state index contributed by atoms with van der Waals surface area (Å²) >= 11 is 6.03. The van der Waals surface area contributed by atoms with Gasteiger partial charge in [0.1, 0.15) is 0 Å². The maximum atomic E-state index is 11.0. The molecule has 0 aromatic heterocycles. The van der Waals surface area contributed by atoms with Crippen LogP contribution < -0.4 is 0 Å². The van der Waals surface area contributed by atoms with Crippen molar-refractivity contribution in [3.8, 4) is 0 Å². The molecule has 0 bridgehead atoms. The van der Waals surface area contributed by atoms with E-state index >= 15 is 0 Å². The second-order valence-corrected chi connectivity index (χ2v) is 5.07. The van der Waals surface area contributed by atoms with Crippen LogP contribution in [-0.4, -0.2) is 15.2 Å². The van der Waals surface area contributed by atoms with E-state index in [9.17, 15) is 20.2 Å². The van der Waals surface area contributed by atoms with Crippen molar-refractivity contribution in [2.75, 3.05) is 0 Å². The molecule has 0 heterocycles. The normalized spacial score (nSPS) is 13.8. The van der Waals surface area contributed by atoms with Gasteiger partial charge in [0, 0.05) is 17.0 Å². The quantitative estimate of drug-likeness (QED) is 0.453. The fourth-order valence-corrected chi connectivity index (χ4v) is 2.19. The minimum absolute atomic E-state index is 0.0989. The molecule has 0 aliphatic heterocycles. The number of hydrogen-bond donors (Lipinski definition) is 0. The van der Waals surface area contributed by atoms with Crippen LogP contribution in [0.1, 0.15) is 25.8 Å². The molecule has 0 N–H and O–H groups in total. The van der Waals surface area contributed by atoms with E-state index in [0.29, 0.717) is 12.0 Å². The summed E-state index contributed by atoms with van der Waals surface area (Å²) in [6.45, 7) is 3.80. The number of nitro benzene ring substituents is 2. The summed E-state index contributed by atoms with van der Waals surface area (Å²) < 4.78 is 0. The fraction of sp³-hybridized carbons (Fsp3) is 0.500. The summed E-state index contributed by atoms with van der Waals surface area (Å²) in [4.78, 5) is 20.4. The lowest BCUT2D eigenvalue weighted by molar-refractivity contribution is -0.394. The number of nitro groups is 2. The van der Waals surface area contributed by atoms with E-state index in [2.05, 4.69) is 0 Å². The van der Waals surface area contributed by atoms with E-state index < -0.39 is 9.85 Å². The van der Waals surface area contributed by atoms with Crippen molar-refractivity contribution in [2.45, 2.75) is 32.1 Å². The third-order valence-electron chi connectivity index (χ3n) is 3.13. The van der Waals surface area contributed by atoms with Crippen LogP contribution in [0.25, 0.3) is 0 Å². The second kappa shape index (κ2) is 6.47. The van der Waals surface area contributed by atoms with Gasteiger partial charge in [-0.3, -0.25) is 20.2 Å². The van der Waals surface area contributed by atoms with Gasteiger partial charge in [-0.2, -0.15) is 0 Å². The average molecular weight is 287 g/mol. The minimum Gasteiger partial charge on any atom is -0.258 e. The molecule has 0 radical (unpaired) electrons. The van der Waals surface area contributed by atoms with Crippen LogP contribution >= 0.6 is 11.6 Å². The zero-order valence-corrected chi connectivity index (χ0v) is 11.5. The summed E-state index contributed by atoms with van der Waals surface area (Å²) in [6.07, 6.45) is 1.23. The highest BCUT2D eigenvalue weighted by Gasteiger charge is 2.23. The van der Waals surface area contributed by atoms with E-state index in [1.54, 1.807) is 0 Å². The Morgan fingerprint density at radius 3 is 2.32 bits per heavy atom. The largest absolute Gasteiger partial charge is 0.279 e. The van der Waals surface area contributed by atoms with Gasteiger partial charge in [-0.15, -0.1) is 11.6 Å². The molecule has 1 rings (SSSR count). The molecule has 0 aliphatic rings. The molecule has 0 aliphatic carbocycles. The van der Waals surface area contributed by atoms with Crippen molar-refractivity contribution in [1.82, 2.24) is 0 Å². The monoisotopic (exact) mass is 286 g/mol. The van der Waals surface area contributed by atoms with E-state index in [0.717, 1.165) is 12.5 Å². The molecule has 1 aromatic carbocycles. The van der Waals surface area contributed by atoms with Gasteiger partial charge in [-0.1, -0.05) is 13.3 Å². The van der Waals surface area contributed by atoms with Crippen LogP contribution in [0.5, 0.6) is 0 Å². The Kier molecular flexibility index (Phi) is 5.23. The number of benzene rings is 1. The zero-order valence-electron chi connectivity index (χ0n) is 10.7. The summed E-state index contributed by atoms with van der Waals surface area (Å²) in [5.74, 6) is 0.0989. The average Bonchev–Trinajstić information content (AvgIpc) is 2.35. The van der Waals surface area contributed by atoms with Gasteiger partial charge in [0.05, 0.1) is 15.9 Å². The van der Waals surface area contributed by atoms with E-state index in [4.69, 9.17) is 11.6 Å². The van der Waals surface area contributed by atoms with E-state index in [-0.39, 0.29) is 22.7 Å². The molecule has 0 spiro atoms. The first-order valence-electron chi connectivity index (χ1n) is 5.92. The van der Waals surface area contributed by atoms with Crippen LogP contribution in [0.3, 0.4) is 0 Å². The van der Waals surface area contributed by atoms with Crippen molar-refractivity contribution in [3.05, 3.63) is 44.0 Å². The maximum absolute atomic E-state index is 11.0. The molecule has 0 saturated heterocycles. The number of rotatable bonds is 6. The van der Waals surface area contributed by atoms with Gasteiger partial charge in [0.2, 0.25) is 0 Å². The predicted octanol–water partition coefficient (Wildman–Crippen LogP) is 3.70. The Morgan fingerprint density at radius 1 is 1.26 bits per heavy atom. The van der Waals surface area contributed by atoms with Crippen LogP contribution in [0.15, 0.2) is 18.2 Å². The number of non-ortho nitro benzene ring substituents is 1. The van der Waals surface area contributed by atoms with Crippen molar-refractivity contribution in [1.29, 1.82) is 0 Å². The standard InChI is InChI=1S/C12H15ClN2O4/c1-3-9(8(2)13)6-10-4-5-11(14(16)17)7-12(10)15(18)19/h4-5,7-9H,3,6H2,1-2H3. The number of alkyl halides is 1. The van der Waals surface area contributed by atoms with Crippen LogP contribution in [0.4, 0.5) is 11.4 Å². The lowest BCUT2D eigenvalue weighted by atomic mass is 9.93. The Hall–Kier alpha value is -1.69. The molecular weight excluding hydrogens is 272 g/mol. The smallest absolute Gasteiger partial charge is 0.258 e. The highest BCUT2D eigenvalue weighted by Crippen LogP contribution is 2.29. The van der Waals surface area contributed by atoms with Gasteiger partial charge in [0.15, 0.2) is 0 Å².